The van der Waals surface area contributed by atoms with Crippen molar-refractivity contribution < 1.29 is 19.1 Å². The van der Waals surface area contributed by atoms with Gasteiger partial charge in [-0.25, -0.2) is 0 Å². The van der Waals surface area contributed by atoms with Crippen LogP contribution in [0.2, 0.25) is 5.02 Å². The maximum Gasteiger partial charge on any atom is 0.265 e. The summed E-state index contributed by atoms with van der Waals surface area (Å²) in [5, 5.41) is 3.10. The Morgan fingerprint density at radius 2 is 2.15 bits per heavy atom. The molecule has 0 fully saturated rings. The molecule has 0 bridgehead atoms. The Labute approximate surface area is 162 Å². The summed E-state index contributed by atoms with van der Waals surface area (Å²) in [4.78, 5) is 26.2. The van der Waals surface area contributed by atoms with E-state index in [1.807, 2.05) is 24.3 Å². The van der Waals surface area contributed by atoms with Crippen LogP contribution in [0.25, 0.3) is 0 Å². The number of amides is 2. The SMILES string of the molecule is COc1cc(N)c(Cl)cc1C(=O)NCCCN1C(=O)COc2ccccc21. The molecule has 0 saturated carbocycles. The molecule has 2 aromatic rings. The Bertz CT molecular complexity index is 872. The van der Waals surface area contributed by atoms with Crippen molar-refractivity contribution >= 4 is 34.8 Å². The molecule has 2 amide bonds. The van der Waals surface area contributed by atoms with E-state index in [9.17, 15) is 9.59 Å². The van der Waals surface area contributed by atoms with Crippen LogP contribution in [0.3, 0.4) is 0 Å². The number of nitrogens with zero attached hydrogens (tertiary/aromatic N) is 1. The highest BCUT2D eigenvalue weighted by atomic mass is 35.5. The van der Waals surface area contributed by atoms with Gasteiger partial charge in [0.1, 0.15) is 11.5 Å². The number of halogens is 1. The second kappa shape index (κ2) is 8.18. The number of methoxy groups -OCH3 is 1. The number of fused-ring (bicyclic) bond motifs is 1. The molecule has 0 unspecified atom stereocenters. The molecule has 0 spiro atoms. The fourth-order valence-corrected chi connectivity index (χ4v) is 3.01. The first-order valence-corrected chi connectivity index (χ1v) is 8.82. The number of nitrogens with one attached hydrogen (secondary N) is 1. The zero-order valence-corrected chi connectivity index (χ0v) is 15.6. The molecule has 1 heterocycles. The van der Waals surface area contributed by atoms with Crippen LogP contribution in [0.4, 0.5) is 11.4 Å². The van der Waals surface area contributed by atoms with Crippen LogP contribution in [0.1, 0.15) is 16.8 Å². The van der Waals surface area contributed by atoms with Gasteiger partial charge in [-0.1, -0.05) is 23.7 Å². The van der Waals surface area contributed by atoms with Crippen LogP contribution in [0.5, 0.6) is 11.5 Å². The van der Waals surface area contributed by atoms with Gasteiger partial charge in [-0.2, -0.15) is 0 Å². The van der Waals surface area contributed by atoms with Crippen molar-refractivity contribution in [3.63, 3.8) is 0 Å². The average molecular weight is 390 g/mol. The lowest BCUT2D eigenvalue weighted by Crippen LogP contribution is -2.40. The number of ether oxygens (including phenoxy) is 2. The first kappa shape index (κ1) is 18.8. The lowest BCUT2D eigenvalue weighted by Gasteiger charge is -2.29. The Kier molecular flexibility index (Phi) is 5.71. The molecule has 0 radical (unpaired) electrons. The number of para-hydroxylation sites is 2. The van der Waals surface area contributed by atoms with E-state index in [1.165, 1.54) is 19.2 Å². The third-order valence-corrected chi connectivity index (χ3v) is 4.54. The number of nitrogen functional groups attached to an aromatic ring is 1. The Hall–Kier alpha value is -2.93. The maximum absolute atomic E-state index is 12.4. The molecule has 0 aliphatic carbocycles. The van der Waals surface area contributed by atoms with Gasteiger partial charge in [0.05, 0.1) is 29.1 Å². The van der Waals surface area contributed by atoms with Gasteiger partial charge in [0.15, 0.2) is 6.61 Å². The number of rotatable bonds is 6. The van der Waals surface area contributed by atoms with Gasteiger partial charge in [0.2, 0.25) is 0 Å². The van der Waals surface area contributed by atoms with Crippen molar-refractivity contribution in [3.05, 3.63) is 47.0 Å². The quantitative estimate of drug-likeness (QED) is 0.584. The van der Waals surface area contributed by atoms with E-state index >= 15 is 0 Å². The summed E-state index contributed by atoms with van der Waals surface area (Å²) in [6, 6.07) is 10.4. The zero-order chi connectivity index (χ0) is 19.4. The minimum atomic E-state index is -0.317. The summed E-state index contributed by atoms with van der Waals surface area (Å²) in [6.45, 7) is 0.875. The van der Waals surface area contributed by atoms with Crippen molar-refractivity contribution in [2.45, 2.75) is 6.42 Å². The van der Waals surface area contributed by atoms with E-state index in [0.717, 1.165) is 5.69 Å². The van der Waals surface area contributed by atoms with E-state index in [0.29, 0.717) is 42.3 Å². The number of nitrogens with two attached hydrogens (primary N) is 1. The molecule has 27 heavy (non-hydrogen) atoms. The van der Waals surface area contributed by atoms with Crippen LogP contribution >= 0.6 is 11.6 Å². The summed E-state index contributed by atoms with van der Waals surface area (Å²) in [5.41, 5.74) is 7.12. The smallest absolute Gasteiger partial charge is 0.265 e. The molecule has 3 rings (SSSR count). The first-order valence-electron chi connectivity index (χ1n) is 8.44. The Morgan fingerprint density at radius 1 is 1.37 bits per heavy atom. The van der Waals surface area contributed by atoms with Gasteiger partial charge in [0, 0.05) is 19.2 Å². The normalized spacial score (nSPS) is 13.0. The fraction of sp³-hybridized carbons (Fsp3) is 0.263. The second-order valence-electron chi connectivity index (χ2n) is 5.99. The van der Waals surface area contributed by atoms with E-state index in [1.54, 1.807) is 4.90 Å². The number of carbonyl (C=O) groups is 2. The van der Waals surface area contributed by atoms with Crippen molar-refractivity contribution in [1.29, 1.82) is 0 Å². The van der Waals surface area contributed by atoms with E-state index in [-0.39, 0.29) is 23.4 Å². The number of benzene rings is 2. The Balaban J connectivity index is 1.59. The molecular formula is C19H20ClN3O4. The van der Waals surface area contributed by atoms with Gasteiger partial charge in [-0.3, -0.25) is 9.59 Å². The summed E-state index contributed by atoms with van der Waals surface area (Å²) in [6.07, 6.45) is 0.580. The number of carbonyl (C=O) groups excluding carboxylic acids is 2. The molecule has 1 aliphatic rings. The monoisotopic (exact) mass is 389 g/mol. The maximum atomic E-state index is 12.4. The number of hydrogen-bond donors (Lipinski definition) is 2. The summed E-state index contributed by atoms with van der Waals surface area (Å²) >= 11 is 6.00. The van der Waals surface area contributed by atoms with Crippen LogP contribution in [-0.4, -0.2) is 38.6 Å². The lowest BCUT2D eigenvalue weighted by molar-refractivity contribution is -0.121. The highest BCUT2D eigenvalue weighted by molar-refractivity contribution is 6.33. The molecule has 0 saturated heterocycles. The van der Waals surface area contributed by atoms with Crippen LogP contribution < -0.4 is 25.4 Å². The van der Waals surface area contributed by atoms with Gasteiger partial charge in [-0.05, 0) is 24.6 Å². The van der Waals surface area contributed by atoms with Gasteiger partial charge in [-0.15, -0.1) is 0 Å². The van der Waals surface area contributed by atoms with Gasteiger partial charge in [0.25, 0.3) is 11.8 Å². The fourth-order valence-electron chi connectivity index (χ4n) is 2.85. The topological polar surface area (TPSA) is 93.9 Å². The van der Waals surface area contributed by atoms with Crippen molar-refractivity contribution in [2.75, 3.05) is 37.4 Å². The molecular weight excluding hydrogens is 370 g/mol. The van der Waals surface area contributed by atoms with E-state index in [4.69, 9.17) is 26.8 Å². The lowest BCUT2D eigenvalue weighted by atomic mass is 10.1. The average Bonchev–Trinajstić information content (AvgIpc) is 2.68. The highest BCUT2D eigenvalue weighted by Gasteiger charge is 2.24. The highest BCUT2D eigenvalue weighted by Crippen LogP contribution is 2.31. The van der Waals surface area contributed by atoms with Crippen molar-refractivity contribution in [3.8, 4) is 11.5 Å². The van der Waals surface area contributed by atoms with Crippen molar-refractivity contribution in [1.82, 2.24) is 5.32 Å². The van der Waals surface area contributed by atoms with Crippen molar-refractivity contribution in [2.24, 2.45) is 0 Å². The molecule has 8 heteroatoms. The molecule has 142 valence electrons. The summed E-state index contributed by atoms with van der Waals surface area (Å²) in [7, 11) is 1.46. The third-order valence-electron chi connectivity index (χ3n) is 4.22. The third kappa shape index (κ3) is 4.09. The largest absolute Gasteiger partial charge is 0.496 e. The summed E-state index contributed by atoms with van der Waals surface area (Å²) in [5.74, 6) is 0.614. The number of hydrogen-bond acceptors (Lipinski definition) is 5. The first-order chi connectivity index (χ1) is 13.0. The van der Waals surface area contributed by atoms with Crippen LogP contribution in [0.15, 0.2) is 36.4 Å². The molecule has 3 N–H and O–H groups in total. The minimum Gasteiger partial charge on any atom is -0.496 e. The Morgan fingerprint density at radius 3 is 2.93 bits per heavy atom. The standard InChI is InChI=1S/C19H20ClN3O4/c1-26-17-10-14(21)13(20)9-12(17)19(25)22-7-4-8-23-15-5-2-3-6-16(15)27-11-18(23)24/h2-3,5-6,9-10H,4,7-8,11,21H2,1H3,(H,22,25). The molecule has 0 aromatic heterocycles. The van der Waals surface area contributed by atoms with Gasteiger partial charge < -0.3 is 25.4 Å². The predicted octanol–water partition coefficient (Wildman–Crippen LogP) is 2.48. The van der Waals surface area contributed by atoms with E-state index in [2.05, 4.69) is 5.32 Å². The number of anilines is 2. The van der Waals surface area contributed by atoms with Crippen LogP contribution in [0, 0.1) is 0 Å². The molecule has 0 atom stereocenters. The van der Waals surface area contributed by atoms with E-state index < -0.39 is 0 Å². The second-order valence-corrected chi connectivity index (χ2v) is 6.39. The van der Waals surface area contributed by atoms with Gasteiger partial charge >= 0.3 is 0 Å². The zero-order valence-electron chi connectivity index (χ0n) is 14.8. The molecule has 1 aliphatic heterocycles. The predicted molar refractivity (Wildman–Crippen MR) is 104 cm³/mol. The molecule has 7 nitrogen and oxygen atoms in total. The summed E-state index contributed by atoms with van der Waals surface area (Å²) < 4.78 is 10.6. The molecule has 2 aromatic carbocycles. The minimum absolute atomic E-state index is 0.0184. The van der Waals surface area contributed by atoms with Crippen LogP contribution in [-0.2, 0) is 4.79 Å².